The van der Waals surface area contributed by atoms with Gasteiger partial charge in [-0.25, -0.2) is 4.98 Å². The quantitative estimate of drug-likeness (QED) is 0.834. The number of aromatic nitrogens is 1. The molecule has 0 bridgehead atoms. The monoisotopic (exact) mass is 359 g/mol. The van der Waals surface area contributed by atoms with Gasteiger partial charge in [-0.1, -0.05) is 6.07 Å². The first-order valence-corrected chi connectivity index (χ1v) is 9.23. The zero-order chi connectivity index (χ0) is 18.6. The number of pyridine rings is 1. The Bertz CT molecular complexity index is 883. The van der Waals surface area contributed by atoms with E-state index in [4.69, 9.17) is 15.3 Å². The van der Waals surface area contributed by atoms with Crippen molar-refractivity contribution < 1.29 is 4.74 Å². The fourth-order valence-corrected chi connectivity index (χ4v) is 3.99. The second-order valence-corrected chi connectivity index (χ2v) is 7.16. The number of rotatable bonds is 4. The van der Waals surface area contributed by atoms with Crippen molar-refractivity contribution in [2.45, 2.75) is 12.5 Å². The van der Waals surface area contributed by atoms with Crippen molar-refractivity contribution in [2.24, 2.45) is 5.92 Å². The zero-order valence-corrected chi connectivity index (χ0v) is 15.1. The molecular weight excluding hydrogens is 338 g/mol. The fraction of sp³-hybridized carbons (Fsp3) is 0.381. The highest BCUT2D eigenvalue weighted by atomic mass is 16.5. The van der Waals surface area contributed by atoms with Crippen molar-refractivity contribution in [2.75, 3.05) is 37.7 Å². The number of anilines is 1. The lowest BCUT2D eigenvalue weighted by Crippen LogP contribution is -2.50. The Hall–Kier alpha value is -3.09. The fourth-order valence-electron chi connectivity index (χ4n) is 3.99. The summed E-state index contributed by atoms with van der Waals surface area (Å²) in [7, 11) is 0. The van der Waals surface area contributed by atoms with Crippen molar-refractivity contribution in [3.05, 3.63) is 53.7 Å². The van der Waals surface area contributed by atoms with Gasteiger partial charge < -0.3 is 9.64 Å². The van der Waals surface area contributed by atoms with Gasteiger partial charge in [-0.05, 0) is 36.8 Å². The molecule has 1 aromatic heterocycles. The minimum absolute atomic E-state index is 0.495. The summed E-state index contributed by atoms with van der Waals surface area (Å²) < 4.78 is 5.94. The molecule has 2 aliphatic rings. The summed E-state index contributed by atoms with van der Waals surface area (Å²) in [6, 6.07) is 15.9. The molecule has 4 rings (SSSR count). The lowest BCUT2D eigenvalue weighted by Gasteiger charge is -2.38. The van der Waals surface area contributed by atoms with Crippen LogP contribution in [0.4, 0.5) is 5.82 Å². The van der Waals surface area contributed by atoms with E-state index in [1.54, 1.807) is 18.3 Å². The van der Waals surface area contributed by atoms with Gasteiger partial charge in [-0.2, -0.15) is 10.5 Å². The molecule has 2 aliphatic heterocycles. The maximum atomic E-state index is 8.99. The largest absolute Gasteiger partial charge is 0.493 e. The summed E-state index contributed by atoms with van der Waals surface area (Å²) in [6.45, 7) is 4.66. The van der Waals surface area contributed by atoms with Gasteiger partial charge >= 0.3 is 0 Å². The van der Waals surface area contributed by atoms with Gasteiger partial charge in [0.1, 0.15) is 17.6 Å². The summed E-state index contributed by atoms with van der Waals surface area (Å²) in [4.78, 5) is 9.28. The Labute approximate surface area is 159 Å². The van der Waals surface area contributed by atoms with Gasteiger partial charge in [0.25, 0.3) is 0 Å². The van der Waals surface area contributed by atoms with E-state index in [1.165, 1.54) is 0 Å². The van der Waals surface area contributed by atoms with Gasteiger partial charge in [0.15, 0.2) is 0 Å². The number of nitriles is 2. The summed E-state index contributed by atoms with van der Waals surface area (Å²) in [5.41, 5.74) is 1.22. The molecular formula is C21H21N5O. The Morgan fingerprint density at radius 2 is 1.96 bits per heavy atom. The molecule has 0 radical (unpaired) electrons. The third-order valence-corrected chi connectivity index (χ3v) is 5.35. The molecule has 0 amide bonds. The molecule has 3 heterocycles. The average Bonchev–Trinajstić information content (AvgIpc) is 3.14. The average molecular weight is 359 g/mol. The molecule has 2 aromatic rings. The minimum atomic E-state index is 0.495. The number of piperazine rings is 1. The zero-order valence-electron chi connectivity index (χ0n) is 15.1. The molecule has 0 aliphatic carbocycles. The van der Waals surface area contributed by atoms with Crippen LogP contribution in [0.2, 0.25) is 0 Å². The van der Waals surface area contributed by atoms with E-state index in [-0.39, 0.29) is 0 Å². The number of benzene rings is 1. The predicted octanol–water partition coefficient (Wildman–Crippen LogP) is 2.41. The third-order valence-electron chi connectivity index (χ3n) is 5.35. The highest BCUT2D eigenvalue weighted by Gasteiger charge is 2.36. The van der Waals surface area contributed by atoms with Gasteiger partial charge in [0.2, 0.25) is 0 Å². The lowest BCUT2D eigenvalue weighted by atomic mass is 10.1. The second kappa shape index (κ2) is 7.65. The highest BCUT2D eigenvalue weighted by Crippen LogP contribution is 2.29. The van der Waals surface area contributed by atoms with Gasteiger partial charge in [0.05, 0.1) is 23.8 Å². The van der Waals surface area contributed by atoms with E-state index in [9.17, 15) is 0 Å². The molecule has 2 atom stereocenters. The molecule has 1 unspecified atom stereocenters. The molecule has 136 valence electrons. The normalized spacial score (nSPS) is 21.9. The standard InChI is InChI=1S/C21H21N5O/c22-10-16-2-1-3-20(9-16)27-15-18-8-19-14-26(7-6-25(19)13-18)21-5-4-17(11-23)12-24-21/h1-5,9,12,18-19H,6-8,13-15H2/t18-,19?/m0/s1. The first-order valence-electron chi connectivity index (χ1n) is 9.23. The molecule has 6 nitrogen and oxygen atoms in total. The van der Waals surface area contributed by atoms with E-state index in [0.717, 1.165) is 44.2 Å². The Morgan fingerprint density at radius 1 is 1.07 bits per heavy atom. The van der Waals surface area contributed by atoms with Crippen molar-refractivity contribution in [3.8, 4) is 17.9 Å². The topological polar surface area (TPSA) is 76.2 Å². The minimum Gasteiger partial charge on any atom is -0.493 e. The first kappa shape index (κ1) is 17.3. The van der Waals surface area contributed by atoms with Crippen molar-refractivity contribution >= 4 is 5.82 Å². The van der Waals surface area contributed by atoms with Crippen LogP contribution in [0.1, 0.15) is 17.5 Å². The molecule has 27 heavy (non-hydrogen) atoms. The van der Waals surface area contributed by atoms with Crippen molar-refractivity contribution in [3.63, 3.8) is 0 Å². The van der Waals surface area contributed by atoms with Gasteiger partial charge in [0, 0.05) is 44.3 Å². The number of fused-ring (bicyclic) bond motifs is 1. The van der Waals surface area contributed by atoms with E-state index in [1.807, 2.05) is 24.3 Å². The highest BCUT2D eigenvalue weighted by molar-refractivity contribution is 5.42. The Balaban J connectivity index is 1.33. The Kier molecular flexibility index (Phi) is 4.91. The van der Waals surface area contributed by atoms with Crippen LogP contribution in [0.3, 0.4) is 0 Å². The first-order chi connectivity index (χ1) is 13.2. The summed E-state index contributed by atoms with van der Waals surface area (Å²) in [6.07, 6.45) is 2.74. The van der Waals surface area contributed by atoms with Crippen LogP contribution in [0.15, 0.2) is 42.6 Å². The Morgan fingerprint density at radius 3 is 2.74 bits per heavy atom. The molecule has 1 aromatic carbocycles. The molecule has 0 saturated carbocycles. The number of ether oxygens (including phenoxy) is 1. The number of nitrogens with zero attached hydrogens (tertiary/aromatic N) is 5. The van der Waals surface area contributed by atoms with Crippen molar-refractivity contribution in [1.82, 2.24) is 9.88 Å². The van der Waals surface area contributed by atoms with Crippen molar-refractivity contribution in [1.29, 1.82) is 10.5 Å². The number of hydrogen-bond acceptors (Lipinski definition) is 6. The van der Waals surface area contributed by atoms with E-state index >= 15 is 0 Å². The molecule has 2 fully saturated rings. The lowest BCUT2D eigenvalue weighted by molar-refractivity contribution is 0.216. The predicted molar refractivity (Wildman–Crippen MR) is 101 cm³/mol. The van der Waals surface area contributed by atoms with Crippen LogP contribution in [0.25, 0.3) is 0 Å². The number of hydrogen-bond donors (Lipinski definition) is 0. The van der Waals surface area contributed by atoms with Crippen LogP contribution in [-0.2, 0) is 0 Å². The third kappa shape index (κ3) is 3.86. The van der Waals surface area contributed by atoms with Crippen LogP contribution in [0, 0.1) is 28.6 Å². The summed E-state index contributed by atoms with van der Waals surface area (Å²) >= 11 is 0. The van der Waals surface area contributed by atoms with E-state index < -0.39 is 0 Å². The maximum Gasteiger partial charge on any atom is 0.128 e. The summed E-state index contributed by atoms with van der Waals surface area (Å²) in [5.74, 6) is 2.21. The van der Waals surface area contributed by atoms with Crippen LogP contribution < -0.4 is 9.64 Å². The molecule has 0 N–H and O–H groups in total. The molecule has 6 heteroatoms. The molecule has 0 spiro atoms. The van der Waals surface area contributed by atoms with Crippen LogP contribution in [-0.4, -0.2) is 48.7 Å². The van der Waals surface area contributed by atoms with E-state index in [0.29, 0.717) is 29.7 Å². The van der Waals surface area contributed by atoms with Crippen LogP contribution >= 0.6 is 0 Å². The smallest absolute Gasteiger partial charge is 0.128 e. The van der Waals surface area contributed by atoms with Crippen LogP contribution in [0.5, 0.6) is 5.75 Å². The van der Waals surface area contributed by atoms with Gasteiger partial charge in [-0.3, -0.25) is 4.90 Å². The van der Waals surface area contributed by atoms with E-state index in [2.05, 4.69) is 26.9 Å². The van der Waals surface area contributed by atoms with Gasteiger partial charge in [-0.15, -0.1) is 0 Å². The SMILES string of the molecule is N#Cc1ccc(N2CCN3C[C@@H](COc4cccc(C#N)c4)CC3C2)nc1. The summed E-state index contributed by atoms with van der Waals surface area (Å²) in [5, 5.41) is 17.9. The maximum absolute atomic E-state index is 8.99. The molecule has 2 saturated heterocycles. The second-order valence-electron chi connectivity index (χ2n) is 7.16.